The largest absolute Gasteiger partial charge is 0.424 e. The Balaban J connectivity index is 1.47. The van der Waals surface area contributed by atoms with Crippen molar-refractivity contribution in [3.05, 3.63) is 77.7 Å². The zero-order valence-corrected chi connectivity index (χ0v) is 24.3. The molecule has 0 saturated carbocycles. The fraction of sp³-hybridized carbons (Fsp3) is 0.185. The van der Waals surface area contributed by atoms with E-state index in [1.54, 1.807) is 44.2 Å². The summed E-state index contributed by atoms with van der Waals surface area (Å²) in [6.07, 6.45) is -0.922. The molecule has 2 amide bonds. The minimum atomic E-state index is -4.77. The molecule has 0 saturated heterocycles. The number of nitrogen functional groups attached to an aromatic ring is 1. The molecule has 2 heterocycles. The molecule has 4 aromatic rings. The lowest BCUT2D eigenvalue weighted by molar-refractivity contribution is -0.137. The van der Waals surface area contributed by atoms with Crippen LogP contribution in [0.25, 0.3) is 11.1 Å². The number of benzene rings is 2. The summed E-state index contributed by atoms with van der Waals surface area (Å²) < 4.78 is 72.9. The Morgan fingerprint density at radius 2 is 1.63 bits per heavy atom. The van der Waals surface area contributed by atoms with Gasteiger partial charge in [-0.2, -0.15) is 17.5 Å². The van der Waals surface area contributed by atoms with E-state index in [9.17, 15) is 26.4 Å². The van der Waals surface area contributed by atoms with Gasteiger partial charge in [0, 0.05) is 24.8 Å². The van der Waals surface area contributed by atoms with E-state index in [2.05, 4.69) is 25.6 Å². The Hall–Kier alpha value is -4.47. The number of amides is 2. The van der Waals surface area contributed by atoms with E-state index < -0.39 is 38.4 Å². The number of nitrogens with one attached hydrogen (secondary N) is 2. The zero-order chi connectivity index (χ0) is 31.4. The highest BCUT2D eigenvalue weighted by molar-refractivity contribution is 7.89. The Labute approximate surface area is 249 Å². The summed E-state index contributed by atoms with van der Waals surface area (Å²) in [5.41, 5.74) is 5.70. The van der Waals surface area contributed by atoms with Gasteiger partial charge in [-0.05, 0) is 42.0 Å². The number of halogens is 4. The number of sulfonamides is 1. The second-order valence-corrected chi connectivity index (χ2v) is 11.2. The maximum absolute atomic E-state index is 13.4. The number of ether oxygens (including phenoxy) is 1. The third-order valence-electron chi connectivity index (χ3n) is 6.02. The Morgan fingerprint density at radius 3 is 2.23 bits per heavy atom. The van der Waals surface area contributed by atoms with Crippen LogP contribution in [0.3, 0.4) is 0 Å². The lowest BCUT2D eigenvalue weighted by Gasteiger charge is -2.21. The Bertz CT molecular complexity index is 1720. The van der Waals surface area contributed by atoms with E-state index in [1.165, 1.54) is 18.6 Å². The van der Waals surface area contributed by atoms with Gasteiger partial charge in [0.1, 0.15) is 16.5 Å². The van der Waals surface area contributed by atoms with Gasteiger partial charge in [0.25, 0.3) is 0 Å². The predicted molar refractivity (Wildman–Crippen MR) is 155 cm³/mol. The van der Waals surface area contributed by atoms with Crippen LogP contribution in [0.15, 0.2) is 72.0 Å². The molecule has 0 atom stereocenters. The van der Waals surface area contributed by atoms with Crippen molar-refractivity contribution in [2.45, 2.75) is 24.9 Å². The molecule has 2 aromatic heterocycles. The number of hydrogen-bond acceptors (Lipinski definition) is 8. The number of carbonyl (C=O) groups excluding carboxylic acids is 1. The van der Waals surface area contributed by atoms with Crippen molar-refractivity contribution < 1.29 is 31.1 Å². The van der Waals surface area contributed by atoms with Gasteiger partial charge in [0.15, 0.2) is 0 Å². The smallest absolute Gasteiger partial charge is 0.416 e. The normalized spacial score (nSPS) is 11.8. The first-order valence-corrected chi connectivity index (χ1v) is 14.4. The summed E-state index contributed by atoms with van der Waals surface area (Å²) >= 11 is 6.00. The first-order valence-electron chi connectivity index (χ1n) is 12.6. The number of alkyl halides is 3. The number of nitrogens with zero attached hydrogens (tertiary/aromatic N) is 4. The van der Waals surface area contributed by atoms with Gasteiger partial charge < -0.3 is 21.1 Å². The van der Waals surface area contributed by atoms with E-state index in [4.69, 9.17) is 22.1 Å². The molecule has 0 fully saturated rings. The fourth-order valence-corrected chi connectivity index (χ4v) is 5.68. The van der Waals surface area contributed by atoms with Crippen LogP contribution in [0.4, 0.5) is 35.2 Å². The summed E-state index contributed by atoms with van der Waals surface area (Å²) in [6, 6.07) is 9.40. The molecule has 11 nitrogen and oxygen atoms in total. The number of rotatable bonds is 9. The molecule has 2 aromatic carbocycles. The van der Waals surface area contributed by atoms with Gasteiger partial charge >= 0.3 is 18.2 Å². The standard InChI is InChI=1S/C27H25ClF3N7O4S/c1-3-38(4-2)43(40,41)23-10-7-17(27(29,30)31)11-22(23)37-25(39)36-19-14-34-26(35-15-19)42-20-8-5-16(6-9-20)21-12-18(28)13-33-24(21)32/h5-15H,3-4H2,1-2H3,(H2,32,33)(H2,36,37,39). The summed E-state index contributed by atoms with van der Waals surface area (Å²) in [7, 11) is -4.20. The van der Waals surface area contributed by atoms with Gasteiger partial charge in [-0.25, -0.2) is 28.2 Å². The van der Waals surface area contributed by atoms with Gasteiger partial charge in [-0.3, -0.25) is 0 Å². The maximum Gasteiger partial charge on any atom is 0.416 e. The number of hydrogen-bond donors (Lipinski definition) is 3. The molecular formula is C27H25ClF3N7O4S. The monoisotopic (exact) mass is 635 g/mol. The summed E-state index contributed by atoms with van der Waals surface area (Å²) in [6.45, 7) is 3.33. The molecule has 4 rings (SSSR count). The van der Waals surface area contributed by atoms with Crippen molar-refractivity contribution in [3.8, 4) is 22.9 Å². The first-order chi connectivity index (χ1) is 20.3. The van der Waals surface area contributed by atoms with E-state index in [0.29, 0.717) is 34.3 Å². The Kier molecular flexibility index (Phi) is 9.37. The lowest BCUT2D eigenvalue weighted by Crippen LogP contribution is -2.32. The van der Waals surface area contributed by atoms with E-state index in [-0.39, 0.29) is 24.8 Å². The first kappa shape index (κ1) is 31.5. The lowest BCUT2D eigenvalue weighted by atomic mass is 10.1. The summed E-state index contributed by atoms with van der Waals surface area (Å²) in [5.74, 6) is 0.700. The van der Waals surface area contributed by atoms with Gasteiger partial charge in [0.05, 0.1) is 34.4 Å². The second kappa shape index (κ2) is 12.8. The molecule has 0 bridgehead atoms. The van der Waals surface area contributed by atoms with Crippen LogP contribution < -0.4 is 21.1 Å². The Morgan fingerprint density at radius 1 is 0.977 bits per heavy atom. The van der Waals surface area contributed by atoms with Crippen LogP contribution in [0.5, 0.6) is 11.8 Å². The minimum absolute atomic E-state index is 0.0595. The number of carbonyl (C=O) groups is 1. The molecule has 0 aliphatic rings. The number of nitrogens with two attached hydrogens (primary N) is 1. The van der Waals surface area contributed by atoms with E-state index >= 15 is 0 Å². The van der Waals surface area contributed by atoms with Crippen LogP contribution in [-0.2, 0) is 16.2 Å². The highest BCUT2D eigenvalue weighted by Gasteiger charge is 2.33. The van der Waals surface area contributed by atoms with Crippen LogP contribution in [0.1, 0.15) is 19.4 Å². The zero-order valence-electron chi connectivity index (χ0n) is 22.7. The van der Waals surface area contributed by atoms with Crippen LogP contribution in [0, 0.1) is 0 Å². The maximum atomic E-state index is 13.4. The second-order valence-electron chi connectivity index (χ2n) is 8.84. The average molecular weight is 636 g/mol. The summed E-state index contributed by atoms with van der Waals surface area (Å²) in [4.78, 5) is 24.2. The molecule has 0 aliphatic heterocycles. The third-order valence-corrected chi connectivity index (χ3v) is 8.34. The van der Waals surface area contributed by atoms with E-state index in [0.717, 1.165) is 15.9 Å². The molecule has 4 N–H and O–H groups in total. The molecule has 16 heteroatoms. The van der Waals surface area contributed by atoms with Gasteiger partial charge in [0.2, 0.25) is 10.0 Å². The number of anilines is 3. The van der Waals surface area contributed by atoms with Gasteiger partial charge in [-0.15, -0.1) is 0 Å². The third kappa shape index (κ3) is 7.49. The number of aromatic nitrogens is 3. The fourth-order valence-electron chi connectivity index (χ4n) is 3.94. The number of pyridine rings is 1. The molecule has 0 spiro atoms. The van der Waals surface area contributed by atoms with Crippen molar-refractivity contribution in [1.82, 2.24) is 19.3 Å². The highest BCUT2D eigenvalue weighted by Crippen LogP contribution is 2.35. The topological polar surface area (TPSA) is 152 Å². The molecule has 226 valence electrons. The highest BCUT2D eigenvalue weighted by atomic mass is 35.5. The molecule has 43 heavy (non-hydrogen) atoms. The predicted octanol–water partition coefficient (Wildman–Crippen LogP) is 6.26. The molecule has 0 unspecified atom stereocenters. The number of urea groups is 1. The van der Waals surface area contributed by atoms with E-state index in [1.807, 2.05) is 0 Å². The van der Waals surface area contributed by atoms with Crippen LogP contribution >= 0.6 is 11.6 Å². The summed E-state index contributed by atoms with van der Waals surface area (Å²) in [5, 5.41) is 4.99. The van der Waals surface area contributed by atoms with Crippen molar-refractivity contribution in [1.29, 1.82) is 0 Å². The quantitative estimate of drug-likeness (QED) is 0.195. The van der Waals surface area contributed by atoms with Crippen molar-refractivity contribution in [3.63, 3.8) is 0 Å². The molecule has 0 aliphatic carbocycles. The SMILES string of the molecule is CCN(CC)S(=O)(=O)c1ccc(C(F)(F)F)cc1NC(=O)Nc1cnc(Oc2ccc(-c3cc(Cl)cnc3N)cc2)nc1. The minimum Gasteiger partial charge on any atom is -0.424 e. The van der Waals surface area contributed by atoms with Gasteiger partial charge in [-0.1, -0.05) is 37.6 Å². The van der Waals surface area contributed by atoms with Crippen molar-refractivity contribution in [2.75, 3.05) is 29.5 Å². The van der Waals surface area contributed by atoms with Crippen LogP contribution in [0.2, 0.25) is 5.02 Å². The average Bonchev–Trinajstić information content (AvgIpc) is 2.96. The van der Waals surface area contributed by atoms with Crippen LogP contribution in [-0.4, -0.2) is 46.8 Å². The van der Waals surface area contributed by atoms with Crippen molar-refractivity contribution in [2.24, 2.45) is 0 Å². The molecule has 0 radical (unpaired) electrons. The van der Waals surface area contributed by atoms with Crippen molar-refractivity contribution >= 4 is 44.8 Å². The molecular weight excluding hydrogens is 611 g/mol.